The minimum atomic E-state index is 0.215. The van der Waals surface area contributed by atoms with E-state index in [-0.39, 0.29) is 11.0 Å². The molecule has 208 valence electrons. The van der Waals surface area contributed by atoms with Gasteiger partial charge in [0.25, 0.3) is 0 Å². The predicted molar refractivity (Wildman–Crippen MR) is 168 cm³/mol. The maximum atomic E-state index is 4.85. The SMILES string of the molecule is CCN1CC(S)N(CC(C)(C)CCCCCCCCCC(C)(C)CN2C(S)CN(CC)C2S)C1S. The van der Waals surface area contributed by atoms with Gasteiger partial charge in [-0.15, -0.1) is 25.3 Å². The molecule has 2 aliphatic heterocycles. The van der Waals surface area contributed by atoms with Crippen LogP contribution in [0.25, 0.3) is 0 Å². The zero-order valence-electron chi connectivity index (χ0n) is 23.5. The Morgan fingerprint density at radius 3 is 1.17 bits per heavy atom. The van der Waals surface area contributed by atoms with Crippen molar-refractivity contribution in [1.29, 1.82) is 0 Å². The minimum absolute atomic E-state index is 0.215. The number of likely N-dealkylation sites (N-methyl/N-ethyl adjacent to an activating group) is 2. The van der Waals surface area contributed by atoms with Crippen LogP contribution in [0.5, 0.6) is 0 Å². The summed E-state index contributed by atoms with van der Waals surface area (Å²) in [5, 5.41) is 0.614. The number of rotatable bonds is 16. The third-order valence-electron chi connectivity index (χ3n) is 8.05. The smallest absolute Gasteiger partial charge is 0.109 e. The lowest BCUT2D eigenvalue weighted by molar-refractivity contribution is 0.144. The monoisotopic (exact) mass is 564 g/mol. The van der Waals surface area contributed by atoms with Gasteiger partial charge in [-0.25, -0.2) is 0 Å². The Hall–Kier alpha value is 1.24. The molecule has 0 aromatic carbocycles. The van der Waals surface area contributed by atoms with Crippen LogP contribution < -0.4 is 0 Å². The van der Waals surface area contributed by atoms with E-state index >= 15 is 0 Å². The molecule has 2 fully saturated rings. The van der Waals surface area contributed by atoms with Gasteiger partial charge in [0.05, 0.1) is 10.7 Å². The van der Waals surface area contributed by atoms with Crippen LogP contribution in [0.4, 0.5) is 0 Å². The molecule has 35 heavy (non-hydrogen) atoms. The van der Waals surface area contributed by atoms with E-state index < -0.39 is 0 Å². The maximum Gasteiger partial charge on any atom is 0.109 e. The fourth-order valence-electron chi connectivity index (χ4n) is 5.74. The Labute approximate surface area is 240 Å². The lowest BCUT2D eigenvalue weighted by Gasteiger charge is -2.35. The number of nitrogens with zero attached hydrogens (tertiary/aromatic N) is 4. The zero-order chi connectivity index (χ0) is 26.2. The quantitative estimate of drug-likeness (QED) is 0.122. The average molecular weight is 565 g/mol. The summed E-state index contributed by atoms with van der Waals surface area (Å²) in [5.41, 5.74) is 1.07. The number of unbranched alkanes of at least 4 members (excludes halogenated alkanes) is 6. The van der Waals surface area contributed by atoms with Crippen LogP contribution in [0, 0.1) is 10.8 Å². The first-order chi connectivity index (χ1) is 16.4. The first kappa shape index (κ1) is 32.5. The van der Waals surface area contributed by atoms with Crippen molar-refractivity contribution in [1.82, 2.24) is 19.6 Å². The molecule has 0 bridgehead atoms. The van der Waals surface area contributed by atoms with Gasteiger partial charge in [-0.2, -0.15) is 25.3 Å². The molecule has 2 aliphatic rings. The summed E-state index contributed by atoms with van der Waals surface area (Å²) in [4.78, 5) is 9.73. The van der Waals surface area contributed by atoms with Gasteiger partial charge in [-0.1, -0.05) is 86.5 Å². The first-order valence-corrected chi connectivity index (χ1v) is 16.2. The molecule has 0 saturated carbocycles. The molecule has 4 nitrogen and oxygen atoms in total. The van der Waals surface area contributed by atoms with Gasteiger partial charge in [-0.05, 0) is 36.8 Å². The largest absolute Gasteiger partial charge is 0.277 e. The third kappa shape index (κ3) is 10.4. The van der Waals surface area contributed by atoms with Crippen molar-refractivity contribution in [3.8, 4) is 0 Å². The molecule has 2 rings (SSSR count). The number of thiol groups is 4. The first-order valence-electron chi connectivity index (χ1n) is 14.1. The van der Waals surface area contributed by atoms with Gasteiger partial charge in [-0.3, -0.25) is 19.6 Å². The highest BCUT2D eigenvalue weighted by Gasteiger charge is 2.38. The summed E-state index contributed by atoms with van der Waals surface area (Å²) < 4.78 is 0. The Balaban J connectivity index is 1.54. The van der Waals surface area contributed by atoms with Gasteiger partial charge in [0.1, 0.15) is 11.0 Å². The van der Waals surface area contributed by atoms with E-state index in [0.717, 1.165) is 39.3 Å². The predicted octanol–water partition coefficient (Wildman–Crippen LogP) is 6.76. The lowest BCUT2D eigenvalue weighted by atomic mass is 9.85. The van der Waals surface area contributed by atoms with Gasteiger partial charge in [0.15, 0.2) is 0 Å². The highest BCUT2D eigenvalue weighted by atomic mass is 32.1. The van der Waals surface area contributed by atoms with E-state index in [4.69, 9.17) is 50.5 Å². The highest BCUT2D eigenvalue weighted by molar-refractivity contribution is 7.82. The zero-order valence-corrected chi connectivity index (χ0v) is 27.1. The van der Waals surface area contributed by atoms with Crippen molar-refractivity contribution in [3.05, 3.63) is 0 Å². The fraction of sp³-hybridized carbons (Fsp3) is 1.00. The van der Waals surface area contributed by atoms with Crippen LogP contribution in [0.15, 0.2) is 0 Å². The molecule has 0 aromatic rings. The second kappa shape index (κ2) is 15.1. The van der Waals surface area contributed by atoms with Gasteiger partial charge >= 0.3 is 0 Å². The normalized spacial score (nSPS) is 27.9. The molecule has 8 heteroatoms. The Bertz CT molecular complexity index is 556. The molecule has 4 unspecified atom stereocenters. The van der Waals surface area contributed by atoms with E-state index in [0.29, 0.717) is 21.6 Å². The summed E-state index contributed by atoms with van der Waals surface area (Å²) in [7, 11) is 0. The van der Waals surface area contributed by atoms with E-state index in [1.54, 1.807) is 0 Å². The van der Waals surface area contributed by atoms with E-state index in [2.05, 4.69) is 61.1 Å². The Morgan fingerprint density at radius 2 is 0.886 bits per heavy atom. The van der Waals surface area contributed by atoms with Crippen LogP contribution in [-0.2, 0) is 0 Å². The van der Waals surface area contributed by atoms with Gasteiger partial charge in [0.2, 0.25) is 0 Å². The molecule has 0 aliphatic carbocycles. The molecule has 0 spiro atoms. The van der Waals surface area contributed by atoms with Crippen LogP contribution in [-0.4, -0.2) is 80.6 Å². The second-order valence-corrected chi connectivity index (χ2v) is 14.6. The molecule has 0 radical (unpaired) electrons. The van der Waals surface area contributed by atoms with Crippen molar-refractivity contribution < 1.29 is 0 Å². The third-order valence-corrected chi connectivity index (χ3v) is 10.2. The van der Waals surface area contributed by atoms with Crippen molar-refractivity contribution in [2.45, 2.75) is 121 Å². The Kier molecular flexibility index (Phi) is 14.0. The van der Waals surface area contributed by atoms with Crippen molar-refractivity contribution in [2.75, 3.05) is 39.3 Å². The minimum Gasteiger partial charge on any atom is -0.277 e. The molecule has 0 amide bonds. The average Bonchev–Trinajstić information content (AvgIpc) is 3.21. The summed E-state index contributed by atoms with van der Waals surface area (Å²) in [6, 6.07) is 0. The molecule has 0 N–H and O–H groups in total. The molecule has 0 aromatic heterocycles. The molecule has 2 heterocycles. The van der Waals surface area contributed by atoms with E-state index in [1.165, 1.54) is 57.8 Å². The lowest BCUT2D eigenvalue weighted by Crippen LogP contribution is -2.41. The highest BCUT2D eigenvalue weighted by Crippen LogP contribution is 2.34. The van der Waals surface area contributed by atoms with Crippen LogP contribution in [0.2, 0.25) is 0 Å². The van der Waals surface area contributed by atoms with E-state index in [9.17, 15) is 0 Å². The standard InChI is InChI=1S/C27H56N4S4/c1-7-28-18-22(32)30(24(28)34)20-26(3,4)16-14-12-10-9-11-13-15-17-27(5,6)21-31-23(33)19-29(8-2)25(31)35/h22-25,32-35H,7-21H2,1-6H3. The van der Waals surface area contributed by atoms with Crippen LogP contribution in [0.1, 0.15) is 99.3 Å². The van der Waals surface area contributed by atoms with Gasteiger partial charge < -0.3 is 0 Å². The van der Waals surface area contributed by atoms with Crippen LogP contribution in [0.3, 0.4) is 0 Å². The molecule has 4 atom stereocenters. The Morgan fingerprint density at radius 1 is 0.571 bits per heavy atom. The number of hydrogen-bond acceptors (Lipinski definition) is 8. The summed E-state index contributed by atoms with van der Waals surface area (Å²) in [6.45, 7) is 20.4. The van der Waals surface area contributed by atoms with Crippen molar-refractivity contribution in [2.24, 2.45) is 10.8 Å². The maximum absolute atomic E-state index is 4.85. The fourth-order valence-corrected chi connectivity index (χ4v) is 7.79. The number of hydrogen-bond donors (Lipinski definition) is 4. The summed E-state index contributed by atoms with van der Waals surface area (Å²) in [5.74, 6) is 0. The molecular formula is C27H56N4S4. The summed E-state index contributed by atoms with van der Waals surface area (Å²) in [6.07, 6.45) is 12.1. The van der Waals surface area contributed by atoms with E-state index in [1.807, 2.05) is 0 Å². The van der Waals surface area contributed by atoms with Gasteiger partial charge in [0, 0.05) is 26.2 Å². The second-order valence-electron chi connectivity index (χ2n) is 12.5. The summed E-state index contributed by atoms with van der Waals surface area (Å²) >= 11 is 19.4. The van der Waals surface area contributed by atoms with Crippen LogP contribution >= 0.6 is 50.5 Å². The molecule has 2 saturated heterocycles. The molecular weight excluding hydrogens is 509 g/mol. The topological polar surface area (TPSA) is 13.0 Å². The van der Waals surface area contributed by atoms with Crippen molar-refractivity contribution in [3.63, 3.8) is 0 Å². The van der Waals surface area contributed by atoms with Crippen molar-refractivity contribution >= 4 is 50.5 Å².